The Morgan fingerprint density at radius 2 is 2.16 bits per heavy atom. The number of nitrogens with zero attached hydrogens (tertiary/aromatic N) is 1. The minimum Gasteiger partial charge on any atom is -0.485 e. The second-order valence-electron chi connectivity index (χ2n) is 4.87. The summed E-state index contributed by atoms with van der Waals surface area (Å²) in [6.45, 7) is 0.923. The van der Waals surface area contributed by atoms with Crippen LogP contribution in [-0.2, 0) is 4.79 Å². The summed E-state index contributed by atoms with van der Waals surface area (Å²) >= 11 is 0. The summed E-state index contributed by atoms with van der Waals surface area (Å²) in [7, 11) is 0. The Hall–Kier alpha value is -1.75. The summed E-state index contributed by atoms with van der Waals surface area (Å²) in [5.41, 5.74) is 0. The molecule has 2 aliphatic rings. The van der Waals surface area contributed by atoms with Gasteiger partial charge in [-0.25, -0.2) is 0 Å². The van der Waals surface area contributed by atoms with Crippen molar-refractivity contribution < 1.29 is 19.4 Å². The third-order valence-corrected chi connectivity index (χ3v) is 3.65. The van der Waals surface area contributed by atoms with Crippen LogP contribution in [0.3, 0.4) is 0 Å². The number of ether oxygens (including phenoxy) is 2. The highest BCUT2D eigenvalue weighted by molar-refractivity contribution is 5.82. The minimum atomic E-state index is -0.609. The fourth-order valence-electron chi connectivity index (χ4n) is 2.64. The number of aliphatic hydroxyl groups is 1. The molecule has 1 aromatic rings. The standard InChI is InChI=1S/C14H17NO4/c16-8-10-4-3-7-15(10)14(17)13-9-18-11-5-1-2-6-12(11)19-13/h1-2,5-6,10,13,16H,3-4,7-9H2/t10-,13+/m1/s1. The highest BCUT2D eigenvalue weighted by Gasteiger charge is 2.36. The fraction of sp³-hybridized carbons (Fsp3) is 0.500. The molecular weight excluding hydrogens is 246 g/mol. The summed E-state index contributed by atoms with van der Waals surface area (Å²) < 4.78 is 11.3. The van der Waals surface area contributed by atoms with Gasteiger partial charge in [0.15, 0.2) is 11.5 Å². The second-order valence-corrected chi connectivity index (χ2v) is 4.87. The van der Waals surface area contributed by atoms with Gasteiger partial charge in [0.1, 0.15) is 6.61 Å². The molecule has 1 amide bonds. The zero-order chi connectivity index (χ0) is 13.2. The van der Waals surface area contributed by atoms with Crippen molar-refractivity contribution in [3.8, 4) is 11.5 Å². The maximum atomic E-state index is 12.4. The summed E-state index contributed by atoms with van der Waals surface area (Å²) in [5.74, 6) is 1.18. The molecule has 0 bridgehead atoms. The molecule has 3 rings (SSSR count). The van der Waals surface area contributed by atoms with Gasteiger partial charge in [-0.2, -0.15) is 0 Å². The van der Waals surface area contributed by atoms with Crippen LogP contribution < -0.4 is 9.47 Å². The van der Waals surface area contributed by atoms with Crippen LogP contribution in [0.2, 0.25) is 0 Å². The highest BCUT2D eigenvalue weighted by atomic mass is 16.6. The molecule has 0 aromatic heterocycles. The predicted molar refractivity (Wildman–Crippen MR) is 68.2 cm³/mol. The third kappa shape index (κ3) is 2.26. The van der Waals surface area contributed by atoms with Crippen molar-refractivity contribution in [3.05, 3.63) is 24.3 Å². The van der Waals surface area contributed by atoms with Crippen LogP contribution in [0.25, 0.3) is 0 Å². The lowest BCUT2D eigenvalue weighted by Crippen LogP contribution is -2.49. The molecule has 1 N–H and O–H groups in total. The first kappa shape index (κ1) is 12.3. The third-order valence-electron chi connectivity index (χ3n) is 3.65. The van der Waals surface area contributed by atoms with Gasteiger partial charge < -0.3 is 19.5 Å². The van der Waals surface area contributed by atoms with Crippen LogP contribution in [0.1, 0.15) is 12.8 Å². The first-order valence-corrected chi connectivity index (χ1v) is 6.59. The molecule has 0 spiro atoms. The zero-order valence-corrected chi connectivity index (χ0v) is 10.6. The van der Waals surface area contributed by atoms with E-state index in [1.807, 2.05) is 18.2 Å². The number of rotatable bonds is 2. The van der Waals surface area contributed by atoms with E-state index in [1.54, 1.807) is 11.0 Å². The van der Waals surface area contributed by atoms with Crippen molar-refractivity contribution in [1.82, 2.24) is 4.90 Å². The maximum absolute atomic E-state index is 12.4. The lowest BCUT2D eigenvalue weighted by molar-refractivity contribution is -0.142. The summed E-state index contributed by atoms with van der Waals surface area (Å²) in [6.07, 6.45) is 1.18. The molecule has 2 atom stereocenters. The van der Waals surface area contributed by atoms with Crippen LogP contribution in [-0.4, -0.2) is 47.8 Å². The Labute approximate surface area is 111 Å². The Morgan fingerprint density at radius 1 is 1.37 bits per heavy atom. The Balaban J connectivity index is 1.72. The van der Waals surface area contributed by atoms with Crippen LogP contribution >= 0.6 is 0 Å². The summed E-state index contributed by atoms with van der Waals surface area (Å²) in [5, 5.41) is 9.28. The van der Waals surface area contributed by atoms with Crippen molar-refractivity contribution >= 4 is 5.91 Å². The van der Waals surface area contributed by atoms with Crippen LogP contribution in [0.5, 0.6) is 11.5 Å². The van der Waals surface area contributed by atoms with E-state index in [0.29, 0.717) is 18.0 Å². The molecule has 0 radical (unpaired) electrons. The molecule has 1 fully saturated rings. The first-order valence-electron chi connectivity index (χ1n) is 6.59. The van der Waals surface area contributed by atoms with Gasteiger partial charge in [0.05, 0.1) is 12.6 Å². The number of carbonyl (C=O) groups excluding carboxylic acids is 1. The normalized spacial score (nSPS) is 25.4. The zero-order valence-electron chi connectivity index (χ0n) is 10.6. The number of aliphatic hydroxyl groups excluding tert-OH is 1. The number of benzene rings is 1. The predicted octanol–water partition coefficient (Wildman–Crippen LogP) is 0.810. The fourth-order valence-corrected chi connectivity index (χ4v) is 2.64. The Bertz CT molecular complexity index is 476. The quantitative estimate of drug-likeness (QED) is 0.858. The number of amides is 1. The van der Waals surface area contributed by atoms with E-state index in [2.05, 4.69) is 0 Å². The molecule has 0 aliphatic carbocycles. The molecule has 102 valence electrons. The number of hydrogen-bond acceptors (Lipinski definition) is 4. The average molecular weight is 263 g/mol. The first-order chi connectivity index (χ1) is 9.29. The minimum absolute atomic E-state index is 0.00983. The Morgan fingerprint density at radius 3 is 2.95 bits per heavy atom. The molecular formula is C14H17NO4. The Kier molecular flexibility index (Phi) is 3.29. The van der Waals surface area contributed by atoms with Gasteiger partial charge in [-0.05, 0) is 25.0 Å². The molecule has 1 aromatic carbocycles. The molecule has 5 heteroatoms. The van der Waals surface area contributed by atoms with E-state index in [9.17, 15) is 9.90 Å². The molecule has 2 heterocycles. The van der Waals surface area contributed by atoms with Crippen LogP contribution in [0.15, 0.2) is 24.3 Å². The van der Waals surface area contributed by atoms with Crippen LogP contribution in [0, 0.1) is 0 Å². The van der Waals surface area contributed by atoms with Gasteiger partial charge in [-0.3, -0.25) is 4.79 Å². The maximum Gasteiger partial charge on any atom is 0.267 e. The van der Waals surface area contributed by atoms with Crippen molar-refractivity contribution in [2.24, 2.45) is 0 Å². The molecule has 0 saturated carbocycles. The second kappa shape index (κ2) is 5.09. The van der Waals surface area contributed by atoms with Gasteiger partial charge in [0.2, 0.25) is 6.10 Å². The van der Waals surface area contributed by atoms with Gasteiger partial charge in [-0.15, -0.1) is 0 Å². The van der Waals surface area contributed by atoms with E-state index >= 15 is 0 Å². The molecule has 1 saturated heterocycles. The van der Waals surface area contributed by atoms with E-state index in [-0.39, 0.29) is 25.2 Å². The van der Waals surface area contributed by atoms with Gasteiger partial charge in [0.25, 0.3) is 5.91 Å². The number of para-hydroxylation sites is 2. The lowest BCUT2D eigenvalue weighted by atomic mass is 10.2. The molecule has 5 nitrogen and oxygen atoms in total. The number of fused-ring (bicyclic) bond motifs is 1. The summed E-state index contributed by atoms with van der Waals surface area (Å²) in [6, 6.07) is 7.26. The largest absolute Gasteiger partial charge is 0.485 e. The molecule has 19 heavy (non-hydrogen) atoms. The smallest absolute Gasteiger partial charge is 0.267 e. The summed E-state index contributed by atoms with van der Waals surface area (Å²) in [4.78, 5) is 14.1. The van der Waals surface area contributed by atoms with Crippen LogP contribution in [0.4, 0.5) is 0 Å². The monoisotopic (exact) mass is 263 g/mol. The van der Waals surface area contributed by atoms with Gasteiger partial charge in [-0.1, -0.05) is 12.1 Å². The number of likely N-dealkylation sites (tertiary alicyclic amines) is 1. The van der Waals surface area contributed by atoms with E-state index in [4.69, 9.17) is 9.47 Å². The highest BCUT2D eigenvalue weighted by Crippen LogP contribution is 2.32. The van der Waals surface area contributed by atoms with E-state index in [1.165, 1.54) is 0 Å². The lowest BCUT2D eigenvalue weighted by Gasteiger charge is -2.31. The van der Waals surface area contributed by atoms with Crippen molar-refractivity contribution in [1.29, 1.82) is 0 Å². The topological polar surface area (TPSA) is 59.0 Å². The average Bonchev–Trinajstić information content (AvgIpc) is 2.94. The van der Waals surface area contributed by atoms with Gasteiger partial charge in [0, 0.05) is 6.54 Å². The van der Waals surface area contributed by atoms with Gasteiger partial charge >= 0.3 is 0 Å². The van der Waals surface area contributed by atoms with Crippen molar-refractivity contribution in [3.63, 3.8) is 0 Å². The molecule has 0 unspecified atom stereocenters. The van der Waals surface area contributed by atoms with E-state index < -0.39 is 6.10 Å². The SMILES string of the molecule is O=C([C@@H]1COc2ccccc2O1)N1CCC[C@@H]1CO. The molecule has 2 aliphatic heterocycles. The number of hydrogen-bond donors (Lipinski definition) is 1. The number of carbonyl (C=O) groups is 1. The van der Waals surface area contributed by atoms with Crippen molar-refractivity contribution in [2.45, 2.75) is 25.0 Å². The van der Waals surface area contributed by atoms with Crippen molar-refractivity contribution in [2.75, 3.05) is 19.8 Å². The van der Waals surface area contributed by atoms with E-state index in [0.717, 1.165) is 12.8 Å².